The van der Waals surface area contributed by atoms with Gasteiger partial charge in [-0.15, -0.1) is 0 Å². The van der Waals surface area contributed by atoms with Crippen LogP contribution in [-0.2, 0) is 14.8 Å². The van der Waals surface area contributed by atoms with Crippen LogP contribution in [0.4, 0.5) is 0 Å². The summed E-state index contributed by atoms with van der Waals surface area (Å²) in [7, 11) is -3.18. The summed E-state index contributed by atoms with van der Waals surface area (Å²) in [6.45, 7) is 0.973. The zero-order chi connectivity index (χ0) is 15.5. The summed E-state index contributed by atoms with van der Waals surface area (Å²) in [4.78, 5) is 12.3. The first-order chi connectivity index (χ1) is 9.88. The van der Waals surface area contributed by atoms with E-state index in [9.17, 15) is 13.2 Å². The van der Waals surface area contributed by atoms with Crippen LogP contribution in [0.2, 0.25) is 0 Å². The van der Waals surface area contributed by atoms with E-state index in [0.29, 0.717) is 19.5 Å². The molecule has 1 saturated heterocycles. The van der Waals surface area contributed by atoms with Gasteiger partial charge in [0, 0.05) is 19.5 Å². The predicted octanol–water partition coefficient (Wildman–Crippen LogP) is 1.32. The van der Waals surface area contributed by atoms with Gasteiger partial charge in [-0.2, -0.15) is 0 Å². The van der Waals surface area contributed by atoms with Gasteiger partial charge in [-0.1, -0.05) is 30.3 Å². The molecular weight excluding hydrogens is 288 g/mol. The van der Waals surface area contributed by atoms with Crippen LogP contribution in [0.5, 0.6) is 0 Å². The molecule has 1 aromatic rings. The Bertz CT molecular complexity index is 586. The average Bonchev–Trinajstić information content (AvgIpc) is 2.47. The maximum absolute atomic E-state index is 12.3. The first-order valence-corrected chi connectivity index (χ1v) is 9.01. The summed E-state index contributed by atoms with van der Waals surface area (Å²) >= 11 is 0. The Hall–Kier alpha value is -1.24. The molecule has 2 N–H and O–H groups in total. The first kappa shape index (κ1) is 16.1. The van der Waals surface area contributed by atoms with E-state index in [0.717, 1.165) is 18.4 Å². The molecule has 6 heteroatoms. The van der Waals surface area contributed by atoms with Crippen LogP contribution in [0, 0.1) is 5.92 Å². The highest BCUT2D eigenvalue weighted by Crippen LogP contribution is 2.24. The molecule has 0 bridgehead atoms. The van der Waals surface area contributed by atoms with Gasteiger partial charge in [0.15, 0.2) is 5.78 Å². The lowest BCUT2D eigenvalue weighted by atomic mass is 9.90. The SMILES string of the molecule is CS(=O)(=O)N1CCCC(CC(=O)[C@H](N)c2ccccc2)C1. The molecule has 1 fully saturated rings. The van der Waals surface area contributed by atoms with Crippen molar-refractivity contribution in [1.82, 2.24) is 4.31 Å². The lowest BCUT2D eigenvalue weighted by Gasteiger charge is -2.31. The Labute approximate surface area is 126 Å². The Balaban J connectivity index is 1.96. The van der Waals surface area contributed by atoms with Crippen molar-refractivity contribution in [2.24, 2.45) is 11.7 Å². The van der Waals surface area contributed by atoms with Crippen LogP contribution in [0.3, 0.4) is 0 Å². The molecule has 2 atom stereocenters. The van der Waals surface area contributed by atoms with E-state index in [1.54, 1.807) is 0 Å². The summed E-state index contributed by atoms with van der Waals surface area (Å²) in [5, 5.41) is 0. The van der Waals surface area contributed by atoms with Crippen molar-refractivity contribution in [3.8, 4) is 0 Å². The van der Waals surface area contributed by atoms with E-state index in [2.05, 4.69) is 0 Å². The van der Waals surface area contributed by atoms with Crippen molar-refractivity contribution in [1.29, 1.82) is 0 Å². The van der Waals surface area contributed by atoms with Gasteiger partial charge in [0.25, 0.3) is 0 Å². The molecule has 0 saturated carbocycles. The molecule has 2 rings (SSSR count). The van der Waals surface area contributed by atoms with Crippen LogP contribution >= 0.6 is 0 Å². The number of piperidine rings is 1. The molecule has 0 aromatic heterocycles. The van der Waals surface area contributed by atoms with Crippen LogP contribution in [0.25, 0.3) is 0 Å². The van der Waals surface area contributed by atoms with E-state index < -0.39 is 16.1 Å². The van der Waals surface area contributed by atoms with Crippen molar-refractivity contribution in [3.63, 3.8) is 0 Å². The fourth-order valence-corrected chi connectivity index (χ4v) is 3.69. The molecule has 1 heterocycles. The second-order valence-corrected chi connectivity index (χ2v) is 7.67. The number of nitrogens with two attached hydrogens (primary N) is 1. The quantitative estimate of drug-likeness (QED) is 0.889. The van der Waals surface area contributed by atoms with Gasteiger partial charge >= 0.3 is 0 Å². The summed E-state index contributed by atoms with van der Waals surface area (Å²) in [6.07, 6.45) is 3.22. The smallest absolute Gasteiger partial charge is 0.211 e. The first-order valence-electron chi connectivity index (χ1n) is 7.16. The third-order valence-electron chi connectivity index (χ3n) is 3.95. The molecule has 1 aromatic carbocycles. The highest BCUT2D eigenvalue weighted by atomic mass is 32.2. The van der Waals surface area contributed by atoms with Gasteiger partial charge in [0.05, 0.1) is 12.3 Å². The number of Topliss-reactive ketones (excluding diaryl/α,β-unsaturated/α-hetero) is 1. The van der Waals surface area contributed by atoms with E-state index in [4.69, 9.17) is 5.73 Å². The second-order valence-electron chi connectivity index (χ2n) is 5.69. The zero-order valence-corrected chi connectivity index (χ0v) is 13.1. The van der Waals surface area contributed by atoms with Gasteiger partial charge in [0.2, 0.25) is 10.0 Å². The van der Waals surface area contributed by atoms with Gasteiger partial charge in [0.1, 0.15) is 0 Å². The minimum absolute atomic E-state index is 0.0263. The Morgan fingerprint density at radius 3 is 2.67 bits per heavy atom. The summed E-state index contributed by atoms with van der Waals surface area (Å²) < 4.78 is 24.6. The standard InChI is InChI=1S/C15H22N2O3S/c1-21(19,20)17-9-5-6-12(11-17)10-14(18)15(16)13-7-3-2-4-8-13/h2-4,7-8,12,15H,5-6,9-11,16H2,1H3/t12?,15-/m1/s1. The van der Waals surface area contributed by atoms with Crippen LogP contribution in [0.15, 0.2) is 30.3 Å². The number of carbonyl (C=O) groups excluding carboxylic acids is 1. The van der Waals surface area contributed by atoms with E-state index in [1.165, 1.54) is 10.6 Å². The van der Waals surface area contributed by atoms with Crippen molar-refractivity contribution < 1.29 is 13.2 Å². The Morgan fingerprint density at radius 1 is 1.38 bits per heavy atom. The summed E-state index contributed by atoms with van der Waals surface area (Å²) in [5.41, 5.74) is 6.80. The number of benzene rings is 1. The molecular formula is C15H22N2O3S. The third-order valence-corrected chi connectivity index (χ3v) is 5.22. The number of sulfonamides is 1. The van der Waals surface area contributed by atoms with Gasteiger partial charge < -0.3 is 5.73 Å². The number of hydrogen-bond acceptors (Lipinski definition) is 4. The normalized spacial score (nSPS) is 21.9. The monoisotopic (exact) mass is 310 g/mol. The average molecular weight is 310 g/mol. The molecule has 21 heavy (non-hydrogen) atoms. The van der Waals surface area contributed by atoms with Crippen LogP contribution < -0.4 is 5.73 Å². The van der Waals surface area contributed by atoms with Crippen molar-refractivity contribution in [3.05, 3.63) is 35.9 Å². The number of carbonyl (C=O) groups is 1. The van der Waals surface area contributed by atoms with Crippen molar-refractivity contribution in [2.75, 3.05) is 19.3 Å². The largest absolute Gasteiger partial charge is 0.318 e. The van der Waals surface area contributed by atoms with Gasteiger partial charge in [-0.05, 0) is 24.3 Å². The predicted molar refractivity (Wildman–Crippen MR) is 82.1 cm³/mol. The fraction of sp³-hybridized carbons (Fsp3) is 0.533. The molecule has 116 valence electrons. The lowest BCUT2D eigenvalue weighted by molar-refractivity contribution is -0.121. The highest BCUT2D eigenvalue weighted by Gasteiger charge is 2.28. The van der Waals surface area contributed by atoms with E-state index in [1.807, 2.05) is 30.3 Å². The van der Waals surface area contributed by atoms with Crippen molar-refractivity contribution in [2.45, 2.75) is 25.3 Å². The minimum atomic E-state index is -3.18. The molecule has 0 spiro atoms. The number of hydrogen-bond donors (Lipinski definition) is 1. The Morgan fingerprint density at radius 2 is 2.05 bits per heavy atom. The molecule has 1 unspecified atom stereocenters. The third kappa shape index (κ3) is 4.36. The maximum Gasteiger partial charge on any atom is 0.211 e. The second kappa shape index (κ2) is 6.68. The summed E-state index contributed by atoms with van der Waals surface area (Å²) in [5.74, 6) is 0.0392. The molecule has 1 aliphatic heterocycles. The number of rotatable bonds is 5. The number of nitrogens with zero attached hydrogens (tertiary/aromatic N) is 1. The van der Waals surface area contributed by atoms with Crippen LogP contribution in [0.1, 0.15) is 30.9 Å². The van der Waals surface area contributed by atoms with E-state index >= 15 is 0 Å². The fourth-order valence-electron chi connectivity index (χ4n) is 2.75. The molecule has 5 nitrogen and oxygen atoms in total. The van der Waals surface area contributed by atoms with Crippen LogP contribution in [-0.4, -0.2) is 37.9 Å². The topological polar surface area (TPSA) is 80.5 Å². The van der Waals surface area contributed by atoms with Crippen molar-refractivity contribution >= 4 is 15.8 Å². The molecule has 0 radical (unpaired) electrons. The number of ketones is 1. The Kier molecular flexibility index (Phi) is 5.13. The zero-order valence-electron chi connectivity index (χ0n) is 12.2. The molecule has 0 aliphatic carbocycles. The van der Waals surface area contributed by atoms with E-state index in [-0.39, 0.29) is 11.7 Å². The minimum Gasteiger partial charge on any atom is -0.318 e. The highest BCUT2D eigenvalue weighted by molar-refractivity contribution is 7.88. The summed E-state index contributed by atoms with van der Waals surface area (Å²) in [6, 6.07) is 8.65. The van der Waals surface area contributed by atoms with Gasteiger partial charge in [-0.3, -0.25) is 4.79 Å². The molecule has 1 aliphatic rings. The molecule has 0 amide bonds. The maximum atomic E-state index is 12.3. The lowest BCUT2D eigenvalue weighted by Crippen LogP contribution is -2.40. The van der Waals surface area contributed by atoms with Gasteiger partial charge in [-0.25, -0.2) is 12.7 Å².